The molecule has 0 atom stereocenters. The summed E-state index contributed by atoms with van der Waals surface area (Å²) < 4.78 is 0. The van der Waals surface area contributed by atoms with Gasteiger partial charge in [-0.05, 0) is 61.4 Å². The third-order valence-electron chi connectivity index (χ3n) is 3.38. The predicted molar refractivity (Wildman–Crippen MR) is 86.0 cm³/mol. The van der Waals surface area contributed by atoms with E-state index in [1.165, 1.54) is 11.1 Å². The van der Waals surface area contributed by atoms with Crippen molar-refractivity contribution in [2.45, 2.75) is 18.7 Å². The zero-order valence-corrected chi connectivity index (χ0v) is 12.3. The normalized spacial score (nSPS) is 10.8. The summed E-state index contributed by atoms with van der Waals surface area (Å²) in [4.78, 5) is 9.63. The van der Waals surface area contributed by atoms with Gasteiger partial charge >= 0.3 is 0 Å². The van der Waals surface area contributed by atoms with Gasteiger partial charge in [0.2, 0.25) is 0 Å². The van der Waals surface area contributed by atoms with Crippen molar-refractivity contribution in [2.24, 2.45) is 0 Å². The molecule has 1 heterocycles. The first-order valence-electron chi connectivity index (χ1n) is 6.41. The van der Waals surface area contributed by atoms with Crippen molar-refractivity contribution in [3.63, 3.8) is 0 Å². The molecule has 0 fully saturated rings. The predicted octanol–water partition coefficient (Wildman–Crippen LogP) is 4.28. The minimum Gasteiger partial charge on any atom is -0.340 e. The van der Waals surface area contributed by atoms with Gasteiger partial charge in [-0.1, -0.05) is 0 Å². The van der Waals surface area contributed by atoms with Gasteiger partial charge in [-0.25, -0.2) is 9.97 Å². The summed E-state index contributed by atoms with van der Waals surface area (Å²) in [5, 5.41) is 4.37. The lowest BCUT2D eigenvalue weighted by molar-refractivity contribution is 1.21. The largest absolute Gasteiger partial charge is 0.340 e. The van der Waals surface area contributed by atoms with Crippen LogP contribution in [0.3, 0.4) is 0 Å². The number of hydrogen-bond donors (Lipinski definition) is 2. The maximum Gasteiger partial charge on any atom is 0.141 e. The van der Waals surface area contributed by atoms with Crippen LogP contribution < -0.4 is 5.32 Å². The molecule has 0 aliphatic heterocycles. The Bertz CT molecular complexity index is 767. The van der Waals surface area contributed by atoms with Gasteiger partial charge in [-0.3, -0.25) is 0 Å². The molecule has 3 rings (SSSR count). The van der Waals surface area contributed by atoms with Crippen molar-refractivity contribution >= 4 is 35.0 Å². The number of hydrogen-bond acceptors (Lipinski definition) is 4. The van der Waals surface area contributed by atoms with E-state index in [4.69, 9.17) is 0 Å². The Labute approximate surface area is 123 Å². The average Bonchev–Trinajstić information content (AvgIpc) is 2.43. The summed E-state index contributed by atoms with van der Waals surface area (Å²) in [5.41, 5.74) is 4.42. The Morgan fingerprint density at radius 3 is 2.40 bits per heavy atom. The zero-order valence-electron chi connectivity index (χ0n) is 11.4. The van der Waals surface area contributed by atoms with Crippen molar-refractivity contribution < 1.29 is 0 Å². The first-order chi connectivity index (χ1) is 9.63. The van der Waals surface area contributed by atoms with Crippen LogP contribution in [0, 0.1) is 13.8 Å². The highest BCUT2D eigenvalue weighted by atomic mass is 32.1. The summed E-state index contributed by atoms with van der Waals surface area (Å²) in [6, 6.07) is 12.1. The second-order valence-corrected chi connectivity index (χ2v) is 5.36. The number of thiol groups is 1. The molecule has 4 heteroatoms. The minimum absolute atomic E-state index is 0.824. The number of aryl methyl sites for hydroxylation is 2. The Morgan fingerprint density at radius 1 is 0.950 bits per heavy atom. The zero-order chi connectivity index (χ0) is 14.1. The summed E-state index contributed by atoms with van der Waals surface area (Å²) >= 11 is 4.29. The number of aromatic nitrogens is 2. The number of anilines is 2. The van der Waals surface area contributed by atoms with Crippen LogP contribution in [0.4, 0.5) is 11.5 Å². The van der Waals surface area contributed by atoms with Crippen molar-refractivity contribution in [3.05, 3.63) is 53.9 Å². The maximum absolute atomic E-state index is 4.35. The molecule has 0 bridgehead atoms. The van der Waals surface area contributed by atoms with E-state index in [0.717, 1.165) is 27.3 Å². The highest BCUT2D eigenvalue weighted by molar-refractivity contribution is 7.80. The summed E-state index contributed by atoms with van der Waals surface area (Å²) in [7, 11) is 0. The van der Waals surface area contributed by atoms with Gasteiger partial charge in [0.25, 0.3) is 0 Å². The highest BCUT2D eigenvalue weighted by Crippen LogP contribution is 2.25. The van der Waals surface area contributed by atoms with Gasteiger partial charge < -0.3 is 5.32 Å². The van der Waals surface area contributed by atoms with Crippen LogP contribution in [-0.2, 0) is 0 Å². The molecule has 0 spiro atoms. The summed E-state index contributed by atoms with van der Waals surface area (Å²) in [6.45, 7) is 4.19. The number of benzene rings is 2. The molecule has 0 saturated carbocycles. The van der Waals surface area contributed by atoms with Crippen LogP contribution in [0.1, 0.15) is 11.1 Å². The Morgan fingerprint density at radius 2 is 1.65 bits per heavy atom. The second-order valence-electron chi connectivity index (χ2n) is 4.85. The summed E-state index contributed by atoms with van der Waals surface area (Å²) in [6.07, 6.45) is 1.59. The first kappa shape index (κ1) is 12.9. The number of rotatable bonds is 2. The highest BCUT2D eigenvalue weighted by Gasteiger charge is 2.06. The smallest absolute Gasteiger partial charge is 0.141 e. The SMILES string of the molecule is Cc1cc2ncnc(Nc3ccc(S)cc3)c2cc1C. The van der Waals surface area contributed by atoms with Gasteiger partial charge in [0, 0.05) is 16.0 Å². The molecule has 2 aromatic carbocycles. The summed E-state index contributed by atoms with van der Waals surface area (Å²) in [5.74, 6) is 0.824. The van der Waals surface area contributed by atoms with Crippen LogP contribution in [0.2, 0.25) is 0 Å². The van der Waals surface area contributed by atoms with Gasteiger partial charge in [-0.15, -0.1) is 12.6 Å². The lowest BCUT2D eigenvalue weighted by Gasteiger charge is -2.10. The molecule has 0 saturated heterocycles. The molecule has 100 valence electrons. The minimum atomic E-state index is 0.824. The molecule has 0 aliphatic carbocycles. The molecule has 1 aromatic heterocycles. The first-order valence-corrected chi connectivity index (χ1v) is 6.86. The molecule has 20 heavy (non-hydrogen) atoms. The van der Waals surface area contributed by atoms with Crippen molar-refractivity contribution in [1.29, 1.82) is 0 Å². The Balaban J connectivity index is 2.07. The van der Waals surface area contributed by atoms with Crippen LogP contribution in [0.25, 0.3) is 10.9 Å². The lowest BCUT2D eigenvalue weighted by Crippen LogP contribution is -1.97. The Kier molecular flexibility index (Phi) is 3.32. The van der Waals surface area contributed by atoms with E-state index in [1.54, 1.807) is 6.33 Å². The molecular formula is C16H15N3S. The van der Waals surface area contributed by atoms with Gasteiger partial charge in [-0.2, -0.15) is 0 Å². The van der Waals surface area contributed by atoms with Gasteiger partial charge in [0.1, 0.15) is 12.1 Å². The standard InChI is InChI=1S/C16H15N3S/c1-10-7-14-15(8-11(10)2)17-9-18-16(14)19-12-3-5-13(20)6-4-12/h3-9,20H,1-2H3,(H,17,18,19). The fourth-order valence-corrected chi connectivity index (χ4v) is 2.25. The second kappa shape index (κ2) is 5.13. The van der Waals surface area contributed by atoms with E-state index in [0.29, 0.717) is 0 Å². The van der Waals surface area contributed by atoms with Crippen LogP contribution in [-0.4, -0.2) is 9.97 Å². The third-order valence-corrected chi connectivity index (χ3v) is 3.68. The van der Waals surface area contributed by atoms with Crippen LogP contribution >= 0.6 is 12.6 Å². The van der Waals surface area contributed by atoms with Crippen LogP contribution in [0.15, 0.2) is 47.6 Å². The van der Waals surface area contributed by atoms with Crippen molar-refractivity contribution in [1.82, 2.24) is 9.97 Å². The molecule has 3 aromatic rings. The van der Waals surface area contributed by atoms with Crippen molar-refractivity contribution in [3.8, 4) is 0 Å². The molecule has 0 amide bonds. The monoisotopic (exact) mass is 281 g/mol. The molecular weight excluding hydrogens is 266 g/mol. The van der Waals surface area contributed by atoms with Gasteiger partial charge in [0.15, 0.2) is 0 Å². The quantitative estimate of drug-likeness (QED) is 0.689. The Hall–Kier alpha value is -2.07. The maximum atomic E-state index is 4.35. The molecule has 0 radical (unpaired) electrons. The number of fused-ring (bicyclic) bond motifs is 1. The van der Waals surface area contributed by atoms with Crippen LogP contribution in [0.5, 0.6) is 0 Å². The lowest BCUT2D eigenvalue weighted by atomic mass is 10.1. The van der Waals surface area contributed by atoms with E-state index in [-0.39, 0.29) is 0 Å². The molecule has 3 nitrogen and oxygen atoms in total. The van der Waals surface area contributed by atoms with E-state index in [2.05, 4.69) is 53.9 Å². The van der Waals surface area contributed by atoms with E-state index in [9.17, 15) is 0 Å². The van der Waals surface area contributed by atoms with Crippen molar-refractivity contribution in [2.75, 3.05) is 5.32 Å². The topological polar surface area (TPSA) is 37.8 Å². The fraction of sp³-hybridized carbons (Fsp3) is 0.125. The average molecular weight is 281 g/mol. The number of nitrogens with one attached hydrogen (secondary N) is 1. The molecule has 1 N–H and O–H groups in total. The molecule has 0 unspecified atom stereocenters. The number of nitrogens with zero attached hydrogens (tertiary/aromatic N) is 2. The van der Waals surface area contributed by atoms with Gasteiger partial charge in [0.05, 0.1) is 5.52 Å². The fourth-order valence-electron chi connectivity index (χ4n) is 2.10. The molecule has 0 aliphatic rings. The van der Waals surface area contributed by atoms with E-state index >= 15 is 0 Å². The van der Waals surface area contributed by atoms with E-state index < -0.39 is 0 Å². The van der Waals surface area contributed by atoms with E-state index in [1.807, 2.05) is 24.3 Å². The third kappa shape index (κ3) is 2.47.